The van der Waals surface area contributed by atoms with Crippen molar-refractivity contribution in [1.82, 2.24) is 10.3 Å². The van der Waals surface area contributed by atoms with Gasteiger partial charge in [0, 0.05) is 17.8 Å². The van der Waals surface area contributed by atoms with Crippen LogP contribution in [0.2, 0.25) is 0 Å². The Morgan fingerprint density at radius 1 is 1.26 bits per heavy atom. The molecule has 0 fully saturated rings. The molecule has 0 radical (unpaired) electrons. The second-order valence-electron chi connectivity index (χ2n) is 6.13. The standard InChI is InChI=1S/C17H21FN4O/c1-17(2,3)22-16(19)21-11-12-8-9-20-15(10-12)23-14-6-4-13(18)5-7-14/h4-10H,11H2,1-3H3,(H3,19,21,22). The topological polar surface area (TPSA) is 72.5 Å². The summed E-state index contributed by atoms with van der Waals surface area (Å²) in [5.41, 5.74) is 6.62. The molecule has 0 saturated carbocycles. The molecule has 0 aliphatic carbocycles. The third-order valence-electron chi connectivity index (χ3n) is 2.77. The Kier molecular flexibility index (Phi) is 5.16. The van der Waals surface area contributed by atoms with E-state index in [0.717, 1.165) is 5.56 Å². The Bertz CT molecular complexity index is 678. The lowest BCUT2D eigenvalue weighted by Crippen LogP contribution is -2.44. The maximum Gasteiger partial charge on any atom is 0.219 e. The molecule has 0 unspecified atom stereocenters. The third-order valence-corrected chi connectivity index (χ3v) is 2.77. The Labute approximate surface area is 135 Å². The first-order chi connectivity index (χ1) is 10.8. The van der Waals surface area contributed by atoms with Gasteiger partial charge in [0.15, 0.2) is 5.96 Å². The van der Waals surface area contributed by atoms with Gasteiger partial charge in [-0.3, -0.25) is 0 Å². The molecule has 0 spiro atoms. The lowest BCUT2D eigenvalue weighted by Gasteiger charge is -2.20. The smallest absolute Gasteiger partial charge is 0.219 e. The highest BCUT2D eigenvalue weighted by Gasteiger charge is 2.09. The van der Waals surface area contributed by atoms with Crippen LogP contribution in [0.25, 0.3) is 0 Å². The molecule has 2 rings (SSSR count). The molecule has 0 amide bonds. The fraction of sp³-hybridized carbons (Fsp3) is 0.294. The second-order valence-corrected chi connectivity index (χ2v) is 6.13. The van der Waals surface area contributed by atoms with Crippen LogP contribution in [0.15, 0.2) is 47.6 Å². The number of pyridine rings is 1. The van der Waals surface area contributed by atoms with Crippen molar-refractivity contribution in [3.8, 4) is 11.6 Å². The first-order valence-electron chi connectivity index (χ1n) is 7.28. The first-order valence-corrected chi connectivity index (χ1v) is 7.28. The highest BCUT2D eigenvalue weighted by Crippen LogP contribution is 2.20. The summed E-state index contributed by atoms with van der Waals surface area (Å²) in [6.07, 6.45) is 1.64. The van der Waals surface area contributed by atoms with Gasteiger partial charge in [0.25, 0.3) is 0 Å². The second kappa shape index (κ2) is 7.09. The van der Waals surface area contributed by atoms with Crippen molar-refractivity contribution < 1.29 is 9.13 Å². The quantitative estimate of drug-likeness (QED) is 0.671. The van der Waals surface area contributed by atoms with Crippen molar-refractivity contribution in [2.75, 3.05) is 0 Å². The van der Waals surface area contributed by atoms with E-state index < -0.39 is 0 Å². The van der Waals surface area contributed by atoms with Crippen LogP contribution in [0.4, 0.5) is 4.39 Å². The number of rotatable bonds is 4. The normalized spacial score (nSPS) is 12.1. The van der Waals surface area contributed by atoms with Crippen LogP contribution in [0, 0.1) is 5.82 Å². The van der Waals surface area contributed by atoms with E-state index in [1.54, 1.807) is 24.4 Å². The van der Waals surface area contributed by atoms with Gasteiger partial charge in [-0.2, -0.15) is 0 Å². The molecule has 23 heavy (non-hydrogen) atoms. The van der Waals surface area contributed by atoms with E-state index in [1.807, 2.05) is 26.8 Å². The van der Waals surface area contributed by atoms with E-state index in [4.69, 9.17) is 10.5 Å². The zero-order valence-corrected chi connectivity index (χ0v) is 13.5. The SMILES string of the molecule is CC(C)(C)NC(N)=NCc1ccnc(Oc2ccc(F)cc2)c1. The van der Waals surface area contributed by atoms with Crippen LogP contribution in [-0.4, -0.2) is 16.5 Å². The molecule has 6 heteroatoms. The molecular weight excluding hydrogens is 295 g/mol. The van der Waals surface area contributed by atoms with Crippen molar-refractivity contribution in [3.05, 3.63) is 54.0 Å². The lowest BCUT2D eigenvalue weighted by molar-refractivity contribution is 0.460. The van der Waals surface area contributed by atoms with Crippen LogP contribution in [0.3, 0.4) is 0 Å². The summed E-state index contributed by atoms with van der Waals surface area (Å²) in [7, 11) is 0. The van der Waals surface area contributed by atoms with E-state index in [9.17, 15) is 4.39 Å². The summed E-state index contributed by atoms with van der Waals surface area (Å²) in [4.78, 5) is 8.42. The minimum absolute atomic E-state index is 0.136. The number of benzene rings is 1. The molecule has 2 aromatic rings. The molecule has 1 aromatic carbocycles. The predicted octanol–water partition coefficient (Wildman–Crippen LogP) is 3.22. The molecule has 3 N–H and O–H groups in total. The van der Waals surface area contributed by atoms with E-state index >= 15 is 0 Å². The molecule has 5 nitrogen and oxygen atoms in total. The van der Waals surface area contributed by atoms with E-state index in [0.29, 0.717) is 24.1 Å². The van der Waals surface area contributed by atoms with Gasteiger partial charge < -0.3 is 15.8 Å². The number of nitrogens with two attached hydrogens (primary N) is 1. The number of hydrogen-bond acceptors (Lipinski definition) is 3. The van der Waals surface area contributed by atoms with Crippen LogP contribution >= 0.6 is 0 Å². The molecule has 1 heterocycles. The zero-order valence-electron chi connectivity index (χ0n) is 13.5. The summed E-state index contributed by atoms with van der Waals surface area (Å²) >= 11 is 0. The van der Waals surface area contributed by atoms with Crippen molar-refractivity contribution in [2.45, 2.75) is 32.9 Å². The van der Waals surface area contributed by atoms with Gasteiger partial charge in [-0.25, -0.2) is 14.4 Å². The molecule has 0 saturated heterocycles. The summed E-state index contributed by atoms with van der Waals surface area (Å²) in [6, 6.07) is 9.38. The van der Waals surface area contributed by atoms with E-state index in [2.05, 4.69) is 15.3 Å². The summed E-state index contributed by atoms with van der Waals surface area (Å²) in [5.74, 6) is 1.02. The van der Waals surface area contributed by atoms with Gasteiger partial charge in [-0.15, -0.1) is 0 Å². The molecule has 0 bridgehead atoms. The van der Waals surface area contributed by atoms with Gasteiger partial charge in [-0.1, -0.05) is 0 Å². The maximum absolute atomic E-state index is 12.9. The van der Waals surface area contributed by atoms with Crippen LogP contribution in [-0.2, 0) is 6.54 Å². The molecule has 122 valence electrons. The fourth-order valence-corrected chi connectivity index (χ4v) is 1.83. The van der Waals surface area contributed by atoms with E-state index in [-0.39, 0.29) is 11.4 Å². The number of guanidine groups is 1. The number of aliphatic imine (C=N–C) groups is 1. The third kappa shape index (κ3) is 5.94. The van der Waals surface area contributed by atoms with Crippen LogP contribution < -0.4 is 15.8 Å². The molecule has 0 aliphatic heterocycles. The minimum atomic E-state index is -0.310. The van der Waals surface area contributed by atoms with Gasteiger partial charge in [0.2, 0.25) is 5.88 Å². The average molecular weight is 316 g/mol. The summed E-state index contributed by atoms with van der Waals surface area (Å²) in [5, 5.41) is 3.09. The summed E-state index contributed by atoms with van der Waals surface area (Å²) < 4.78 is 18.5. The predicted molar refractivity (Wildman–Crippen MR) is 88.9 cm³/mol. The van der Waals surface area contributed by atoms with Gasteiger partial charge in [0.05, 0.1) is 6.54 Å². The fourth-order valence-electron chi connectivity index (χ4n) is 1.83. The van der Waals surface area contributed by atoms with E-state index in [1.165, 1.54) is 12.1 Å². The first kappa shape index (κ1) is 16.7. The Balaban J connectivity index is 2.02. The highest BCUT2D eigenvalue weighted by atomic mass is 19.1. The van der Waals surface area contributed by atoms with Crippen LogP contribution in [0.5, 0.6) is 11.6 Å². The largest absolute Gasteiger partial charge is 0.439 e. The molecule has 0 aliphatic rings. The number of aromatic nitrogens is 1. The average Bonchev–Trinajstić information content (AvgIpc) is 2.46. The molecule has 0 atom stereocenters. The zero-order chi connectivity index (χ0) is 16.9. The minimum Gasteiger partial charge on any atom is -0.439 e. The van der Waals surface area contributed by atoms with Crippen molar-refractivity contribution in [1.29, 1.82) is 0 Å². The van der Waals surface area contributed by atoms with Crippen molar-refractivity contribution >= 4 is 5.96 Å². The molecule has 1 aromatic heterocycles. The van der Waals surface area contributed by atoms with Crippen LogP contribution in [0.1, 0.15) is 26.3 Å². The molecular formula is C17H21FN4O. The number of hydrogen-bond donors (Lipinski definition) is 2. The Morgan fingerprint density at radius 3 is 2.61 bits per heavy atom. The Morgan fingerprint density at radius 2 is 1.96 bits per heavy atom. The maximum atomic E-state index is 12.9. The van der Waals surface area contributed by atoms with Crippen molar-refractivity contribution in [2.24, 2.45) is 10.7 Å². The number of halogens is 1. The summed E-state index contributed by atoms with van der Waals surface area (Å²) in [6.45, 7) is 6.45. The van der Waals surface area contributed by atoms with Gasteiger partial charge >= 0.3 is 0 Å². The number of nitrogens with one attached hydrogen (secondary N) is 1. The highest BCUT2D eigenvalue weighted by molar-refractivity contribution is 5.78. The number of ether oxygens (including phenoxy) is 1. The monoisotopic (exact) mass is 316 g/mol. The van der Waals surface area contributed by atoms with Gasteiger partial charge in [0.1, 0.15) is 11.6 Å². The number of nitrogens with zero attached hydrogens (tertiary/aromatic N) is 2. The van der Waals surface area contributed by atoms with Crippen molar-refractivity contribution in [3.63, 3.8) is 0 Å². The van der Waals surface area contributed by atoms with Gasteiger partial charge in [-0.05, 0) is 56.7 Å². The Hall–Kier alpha value is -2.63. The lowest BCUT2D eigenvalue weighted by atomic mass is 10.1.